The van der Waals surface area contributed by atoms with Crippen LogP contribution in [-0.4, -0.2) is 13.2 Å². The van der Waals surface area contributed by atoms with Crippen molar-refractivity contribution in [1.82, 2.24) is 0 Å². The fourth-order valence-electron chi connectivity index (χ4n) is 2.46. The Labute approximate surface area is 109 Å². The summed E-state index contributed by atoms with van der Waals surface area (Å²) < 4.78 is 11.4. The molecule has 3 nitrogen and oxygen atoms in total. The molecule has 0 amide bonds. The van der Waals surface area contributed by atoms with E-state index in [2.05, 4.69) is 6.92 Å². The third-order valence-electron chi connectivity index (χ3n) is 3.72. The van der Waals surface area contributed by atoms with Gasteiger partial charge in [-0.3, -0.25) is 0 Å². The highest BCUT2D eigenvalue weighted by Gasteiger charge is 2.20. The number of nitrogens with two attached hydrogens (primary N) is 1. The van der Waals surface area contributed by atoms with Crippen molar-refractivity contribution in [3.63, 3.8) is 0 Å². The van der Waals surface area contributed by atoms with Crippen LogP contribution in [0.25, 0.3) is 0 Å². The van der Waals surface area contributed by atoms with Crippen molar-refractivity contribution in [1.29, 1.82) is 0 Å². The summed E-state index contributed by atoms with van der Waals surface area (Å²) in [7, 11) is 1.67. The lowest BCUT2D eigenvalue weighted by molar-refractivity contribution is 0.131. The minimum absolute atomic E-state index is 0.332. The van der Waals surface area contributed by atoms with Crippen LogP contribution < -0.4 is 15.2 Å². The van der Waals surface area contributed by atoms with E-state index in [1.165, 1.54) is 12.8 Å². The number of ether oxygens (including phenoxy) is 2. The second-order valence-electron chi connectivity index (χ2n) is 5.19. The Bertz CT molecular complexity index is 384. The second kappa shape index (κ2) is 6.10. The van der Waals surface area contributed by atoms with E-state index in [0.29, 0.717) is 12.6 Å². The predicted molar refractivity (Wildman–Crippen MR) is 72.9 cm³/mol. The molecule has 0 bridgehead atoms. The molecule has 100 valence electrons. The fourth-order valence-corrected chi connectivity index (χ4v) is 2.46. The van der Waals surface area contributed by atoms with Crippen molar-refractivity contribution in [3.8, 4) is 11.5 Å². The largest absolute Gasteiger partial charge is 0.493 e. The van der Waals surface area contributed by atoms with Crippen molar-refractivity contribution in [3.05, 3.63) is 23.8 Å². The van der Waals surface area contributed by atoms with E-state index in [1.807, 2.05) is 18.2 Å². The predicted octanol–water partition coefficient (Wildman–Crippen LogP) is 3.11. The number of methoxy groups -OCH3 is 1. The molecule has 0 unspecified atom stereocenters. The summed E-state index contributed by atoms with van der Waals surface area (Å²) in [5.74, 6) is 2.47. The number of rotatable bonds is 4. The first-order chi connectivity index (χ1) is 8.72. The first kappa shape index (κ1) is 13.2. The monoisotopic (exact) mass is 249 g/mol. The number of hydrogen-bond donors (Lipinski definition) is 1. The molecule has 1 aliphatic carbocycles. The van der Waals surface area contributed by atoms with E-state index in [1.54, 1.807) is 7.11 Å². The van der Waals surface area contributed by atoms with Gasteiger partial charge in [0.25, 0.3) is 0 Å². The van der Waals surface area contributed by atoms with Crippen LogP contribution in [0.3, 0.4) is 0 Å². The molecule has 0 aliphatic heterocycles. The van der Waals surface area contributed by atoms with Gasteiger partial charge in [-0.2, -0.15) is 0 Å². The van der Waals surface area contributed by atoms with Crippen LogP contribution in [0.4, 0.5) is 0 Å². The van der Waals surface area contributed by atoms with Gasteiger partial charge in [0.15, 0.2) is 11.5 Å². The topological polar surface area (TPSA) is 44.5 Å². The number of benzene rings is 1. The van der Waals surface area contributed by atoms with Crippen molar-refractivity contribution in [2.45, 2.75) is 45.3 Å². The van der Waals surface area contributed by atoms with Gasteiger partial charge in [0, 0.05) is 6.54 Å². The Balaban J connectivity index is 2.04. The molecule has 0 aromatic heterocycles. The molecule has 0 radical (unpaired) electrons. The summed E-state index contributed by atoms with van der Waals surface area (Å²) in [5, 5.41) is 0. The zero-order valence-corrected chi connectivity index (χ0v) is 11.3. The lowest BCUT2D eigenvalue weighted by Crippen LogP contribution is -2.23. The highest BCUT2D eigenvalue weighted by atomic mass is 16.5. The van der Waals surface area contributed by atoms with Crippen molar-refractivity contribution in [2.75, 3.05) is 7.11 Å². The maximum absolute atomic E-state index is 6.06. The maximum atomic E-state index is 6.06. The Morgan fingerprint density at radius 3 is 2.50 bits per heavy atom. The molecule has 0 spiro atoms. The van der Waals surface area contributed by atoms with Gasteiger partial charge in [0.2, 0.25) is 0 Å². The van der Waals surface area contributed by atoms with Crippen LogP contribution in [0.5, 0.6) is 11.5 Å². The highest BCUT2D eigenvalue weighted by Crippen LogP contribution is 2.32. The molecule has 1 aliphatic rings. The van der Waals surface area contributed by atoms with E-state index in [-0.39, 0.29) is 0 Å². The molecule has 1 saturated carbocycles. The van der Waals surface area contributed by atoms with Gasteiger partial charge >= 0.3 is 0 Å². The summed E-state index contributed by atoms with van der Waals surface area (Å²) in [5.41, 5.74) is 6.69. The Morgan fingerprint density at radius 1 is 1.17 bits per heavy atom. The van der Waals surface area contributed by atoms with Crippen molar-refractivity contribution < 1.29 is 9.47 Å². The molecule has 0 heterocycles. The van der Waals surface area contributed by atoms with E-state index >= 15 is 0 Å². The molecular formula is C15H23NO2. The van der Waals surface area contributed by atoms with Gasteiger partial charge in [0.05, 0.1) is 13.2 Å². The van der Waals surface area contributed by atoms with Crippen LogP contribution in [0, 0.1) is 5.92 Å². The molecule has 1 aromatic carbocycles. The molecule has 1 aromatic rings. The standard InChI is InChI=1S/C15H23NO2/c1-11-3-6-13(7-4-11)18-14-8-5-12(10-16)9-15(14)17-2/h5,8-9,11,13H,3-4,6-7,10,16H2,1-2H3. The van der Waals surface area contributed by atoms with Crippen LogP contribution in [-0.2, 0) is 6.54 Å². The van der Waals surface area contributed by atoms with E-state index < -0.39 is 0 Å². The Hall–Kier alpha value is -1.22. The van der Waals surface area contributed by atoms with Crippen LogP contribution >= 0.6 is 0 Å². The zero-order valence-electron chi connectivity index (χ0n) is 11.3. The molecule has 18 heavy (non-hydrogen) atoms. The van der Waals surface area contributed by atoms with Gasteiger partial charge in [-0.25, -0.2) is 0 Å². The summed E-state index contributed by atoms with van der Waals surface area (Å²) in [6.45, 7) is 2.84. The molecule has 2 rings (SSSR count). The molecule has 1 fully saturated rings. The maximum Gasteiger partial charge on any atom is 0.161 e. The van der Waals surface area contributed by atoms with Crippen LogP contribution in [0.1, 0.15) is 38.2 Å². The molecule has 0 atom stereocenters. The lowest BCUT2D eigenvalue weighted by Gasteiger charge is -2.27. The van der Waals surface area contributed by atoms with E-state index in [0.717, 1.165) is 35.8 Å². The molecular weight excluding hydrogens is 226 g/mol. The van der Waals surface area contributed by atoms with Crippen molar-refractivity contribution >= 4 is 0 Å². The lowest BCUT2D eigenvalue weighted by atomic mass is 9.89. The van der Waals surface area contributed by atoms with Gasteiger partial charge in [-0.15, -0.1) is 0 Å². The average Bonchev–Trinajstić information content (AvgIpc) is 2.41. The minimum Gasteiger partial charge on any atom is -0.493 e. The fraction of sp³-hybridized carbons (Fsp3) is 0.600. The highest BCUT2D eigenvalue weighted by molar-refractivity contribution is 5.43. The smallest absolute Gasteiger partial charge is 0.161 e. The Kier molecular flexibility index (Phi) is 4.48. The van der Waals surface area contributed by atoms with Crippen LogP contribution in [0.15, 0.2) is 18.2 Å². The summed E-state index contributed by atoms with van der Waals surface area (Å²) in [6.07, 6.45) is 5.13. The molecule has 0 saturated heterocycles. The summed E-state index contributed by atoms with van der Waals surface area (Å²) in [6, 6.07) is 5.93. The van der Waals surface area contributed by atoms with E-state index in [9.17, 15) is 0 Å². The van der Waals surface area contributed by atoms with Gasteiger partial charge in [0.1, 0.15) is 0 Å². The Morgan fingerprint density at radius 2 is 1.89 bits per heavy atom. The second-order valence-corrected chi connectivity index (χ2v) is 5.19. The zero-order chi connectivity index (χ0) is 13.0. The summed E-state index contributed by atoms with van der Waals surface area (Å²) >= 11 is 0. The minimum atomic E-state index is 0.332. The van der Waals surface area contributed by atoms with Crippen molar-refractivity contribution in [2.24, 2.45) is 11.7 Å². The average molecular weight is 249 g/mol. The van der Waals surface area contributed by atoms with Gasteiger partial charge in [-0.1, -0.05) is 13.0 Å². The van der Waals surface area contributed by atoms with Crippen LogP contribution in [0.2, 0.25) is 0 Å². The molecule has 2 N–H and O–H groups in total. The van der Waals surface area contributed by atoms with Gasteiger partial charge < -0.3 is 15.2 Å². The van der Waals surface area contributed by atoms with E-state index in [4.69, 9.17) is 15.2 Å². The SMILES string of the molecule is COc1cc(CN)ccc1OC1CCC(C)CC1. The quantitative estimate of drug-likeness (QED) is 0.891. The number of hydrogen-bond acceptors (Lipinski definition) is 3. The molecule has 3 heteroatoms. The first-order valence-electron chi connectivity index (χ1n) is 6.76. The third-order valence-corrected chi connectivity index (χ3v) is 3.72. The third kappa shape index (κ3) is 3.16. The summed E-state index contributed by atoms with van der Waals surface area (Å²) in [4.78, 5) is 0. The normalized spacial score (nSPS) is 23.7. The van der Waals surface area contributed by atoms with Gasteiger partial charge in [-0.05, 0) is 49.3 Å². The first-order valence-corrected chi connectivity index (χ1v) is 6.76.